The summed E-state index contributed by atoms with van der Waals surface area (Å²) < 4.78 is 0. The van der Waals surface area contributed by atoms with E-state index in [0.717, 1.165) is 16.0 Å². The maximum atomic E-state index is 13.6. The summed E-state index contributed by atoms with van der Waals surface area (Å²) in [6.45, 7) is 5.99. The van der Waals surface area contributed by atoms with Gasteiger partial charge in [-0.15, -0.1) is 0 Å². The highest BCUT2D eigenvalue weighted by Crippen LogP contribution is 2.33. The van der Waals surface area contributed by atoms with Crippen molar-refractivity contribution in [1.82, 2.24) is 10.2 Å². The van der Waals surface area contributed by atoms with Gasteiger partial charge in [-0.1, -0.05) is 93.6 Å². The standard InChI is InChI=1S/C28H29N3O3/c1-27(2,3)21-14-16-23(17-15-21)29-24(32)19-31-25(33)28(30-26(31)34,22-12-8-5-9-13-22)18-20-10-6-4-7-11-20/h4-17H,18-19H2,1-3H3,(H,29,32)(H,30,34). The van der Waals surface area contributed by atoms with E-state index in [4.69, 9.17) is 0 Å². The molecule has 3 aromatic rings. The van der Waals surface area contributed by atoms with Crippen LogP contribution in [0.4, 0.5) is 10.5 Å². The zero-order valence-corrected chi connectivity index (χ0v) is 19.7. The lowest BCUT2D eigenvalue weighted by Gasteiger charge is -2.27. The number of carbonyl (C=O) groups is 3. The Hall–Kier alpha value is -3.93. The topological polar surface area (TPSA) is 78.5 Å². The van der Waals surface area contributed by atoms with Crippen molar-refractivity contribution in [1.29, 1.82) is 0 Å². The van der Waals surface area contributed by atoms with Crippen molar-refractivity contribution in [2.45, 2.75) is 38.1 Å². The van der Waals surface area contributed by atoms with Crippen LogP contribution in [0.1, 0.15) is 37.5 Å². The molecule has 4 amide bonds. The number of benzene rings is 3. The van der Waals surface area contributed by atoms with Crippen molar-refractivity contribution in [3.05, 3.63) is 102 Å². The molecule has 0 aliphatic carbocycles. The maximum Gasteiger partial charge on any atom is 0.325 e. The van der Waals surface area contributed by atoms with Crippen LogP contribution in [0, 0.1) is 0 Å². The van der Waals surface area contributed by atoms with Gasteiger partial charge in [0.25, 0.3) is 5.91 Å². The van der Waals surface area contributed by atoms with E-state index in [-0.39, 0.29) is 18.4 Å². The Morgan fingerprint density at radius 2 is 1.47 bits per heavy atom. The van der Waals surface area contributed by atoms with Crippen LogP contribution in [0.3, 0.4) is 0 Å². The van der Waals surface area contributed by atoms with Crippen LogP contribution in [0.15, 0.2) is 84.9 Å². The summed E-state index contributed by atoms with van der Waals surface area (Å²) in [4.78, 5) is 40.3. The van der Waals surface area contributed by atoms with Gasteiger partial charge >= 0.3 is 6.03 Å². The molecule has 0 aromatic heterocycles. The zero-order valence-electron chi connectivity index (χ0n) is 19.7. The fourth-order valence-corrected chi connectivity index (χ4v) is 4.21. The van der Waals surface area contributed by atoms with Gasteiger partial charge in [-0.2, -0.15) is 0 Å². The molecule has 2 N–H and O–H groups in total. The summed E-state index contributed by atoms with van der Waals surface area (Å²) in [7, 11) is 0. The molecule has 1 aliphatic heterocycles. The van der Waals surface area contributed by atoms with Crippen molar-refractivity contribution in [3.8, 4) is 0 Å². The molecule has 6 nitrogen and oxygen atoms in total. The fraction of sp³-hybridized carbons (Fsp3) is 0.250. The average Bonchev–Trinajstić information content (AvgIpc) is 3.05. The normalized spacial score (nSPS) is 18.0. The lowest BCUT2D eigenvalue weighted by Crippen LogP contribution is -2.46. The molecule has 0 saturated carbocycles. The predicted octanol–water partition coefficient (Wildman–Crippen LogP) is 4.61. The van der Waals surface area contributed by atoms with Gasteiger partial charge in [0, 0.05) is 12.1 Å². The van der Waals surface area contributed by atoms with Gasteiger partial charge in [-0.3, -0.25) is 14.5 Å². The van der Waals surface area contributed by atoms with E-state index in [0.29, 0.717) is 11.3 Å². The van der Waals surface area contributed by atoms with Gasteiger partial charge in [0.1, 0.15) is 6.54 Å². The second kappa shape index (κ2) is 9.14. The van der Waals surface area contributed by atoms with Gasteiger partial charge in [0.2, 0.25) is 5.91 Å². The first kappa shape index (κ1) is 23.2. The van der Waals surface area contributed by atoms with Crippen LogP contribution in [-0.2, 0) is 27.0 Å². The minimum atomic E-state index is -1.27. The number of imide groups is 1. The number of nitrogens with one attached hydrogen (secondary N) is 2. The Morgan fingerprint density at radius 3 is 2.06 bits per heavy atom. The monoisotopic (exact) mass is 455 g/mol. The Bertz CT molecular complexity index is 1190. The third kappa shape index (κ3) is 4.71. The molecular formula is C28H29N3O3. The van der Waals surface area contributed by atoms with Crippen LogP contribution in [0.2, 0.25) is 0 Å². The van der Waals surface area contributed by atoms with Gasteiger partial charge in [0.15, 0.2) is 5.54 Å². The van der Waals surface area contributed by atoms with Crippen molar-refractivity contribution < 1.29 is 14.4 Å². The Balaban J connectivity index is 1.54. The third-order valence-electron chi connectivity index (χ3n) is 6.09. The highest BCUT2D eigenvalue weighted by atomic mass is 16.2. The van der Waals surface area contributed by atoms with Gasteiger partial charge in [-0.05, 0) is 34.2 Å². The summed E-state index contributed by atoms with van der Waals surface area (Å²) in [6.07, 6.45) is 0.287. The number of anilines is 1. The number of urea groups is 1. The third-order valence-corrected chi connectivity index (χ3v) is 6.09. The van der Waals surface area contributed by atoms with Gasteiger partial charge in [0.05, 0.1) is 0 Å². The minimum Gasteiger partial charge on any atom is -0.325 e. The van der Waals surface area contributed by atoms with Crippen LogP contribution in [-0.4, -0.2) is 29.3 Å². The Labute approximate surface area is 200 Å². The first-order chi connectivity index (χ1) is 16.2. The summed E-state index contributed by atoms with van der Waals surface area (Å²) >= 11 is 0. The van der Waals surface area contributed by atoms with Crippen molar-refractivity contribution >= 4 is 23.5 Å². The Kier molecular flexibility index (Phi) is 6.24. The molecule has 1 unspecified atom stereocenters. The number of amides is 4. The molecule has 0 spiro atoms. The molecule has 1 heterocycles. The predicted molar refractivity (Wildman–Crippen MR) is 132 cm³/mol. The highest BCUT2D eigenvalue weighted by Gasteiger charge is 2.52. The van der Waals surface area contributed by atoms with E-state index in [1.54, 1.807) is 0 Å². The van der Waals surface area contributed by atoms with Crippen LogP contribution >= 0.6 is 0 Å². The fourth-order valence-electron chi connectivity index (χ4n) is 4.21. The molecule has 174 valence electrons. The average molecular weight is 456 g/mol. The molecular weight excluding hydrogens is 426 g/mol. The first-order valence-corrected chi connectivity index (χ1v) is 11.3. The van der Waals surface area contributed by atoms with Gasteiger partial charge < -0.3 is 10.6 Å². The molecule has 3 aromatic carbocycles. The number of rotatable bonds is 6. The second-order valence-corrected chi connectivity index (χ2v) is 9.63. The largest absolute Gasteiger partial charge is 0.325 e. The number of carbonyl (C=O) groups excluding carboxylic acids is 3. The summed E-state index contributed by atoms with van der Waals surface area (Å²) in [5.74, 6) is -0.874. The lowest BCUT2D eigenvalue weighted by molar-refractivity contribution is -0.134. The van der Waals surface area contributed by atoms with E-state index in [9.17, 15) is 14.4 Å². The van der Waals surface area contributed by atoms with E-state index in [2.05, 4.69) is 31.4 Å². The minimum absolute atomic E-state index is 0.00210. The van der Waals surface area contributed by atoms with E-state index in [1.165, 1.54) is 0 Å². The number of hydrogen-bond acceptors (Lipinski definition) is 3. The first-order valence-electron chi connectivity index (χ1n) is 11.3. The molecule has 6 heteroatoms. The molecule has 0 radical (unpaired) electrons. The van der Waals surface area contributed by atoms with Crippen LogP contribution in [0.5, 0.6) is 0 Å². The van der Waals surface area contributed by atoms with E-state index in [1.807, 2.05) is 84.9 Å². The molecule has 1 aliphatic rings. The van der Waals surface area contributed by atoms with Crippen molar-refractivity contribution in [2.75, 3.05) is 11.9 Å². The molecule has 4 rings (SSSR count). The molecule has 0 bridgehead atoms. The van der Waals surface area contributed by atoms with Crippen LogP contribution in [0.25, 0.3) is 0 Å². The number of hydrogen-bond donors (Lipinski definition) is 2. The maximum absolute atomic E-state index is 13.6. The highest BCUT2D eigenvalue weighted by molar-refractivity contribution is 6.10. The quantitative estimate of drug-likeness (QED) is 0.533. The van der Waals surface area contributed by atoms with Crippen molar-refractivity contribution in [2.24, 2.45) is 0 Å². The smallest absolute Gasteiger partial charge is 0.325 e. The Morgan fingerprint density at radius 1 is 0.882 bits per heavy atom. The van der Waals surface area contributed by atoms with Crippen LogP contribution < -0.4 is 10.6 Å². The summed E-state index contributed by atoms with van der Waals surface area (Å²) in [5.41, 5.74) is 2.08. The second-order valence-electron chi connectivity index (χ2n) is 9.63. The van der Waals surface area contributed by atoms with E-state index >= 15 is 0 Å². The summed E-state index contributed by atoms with van der Waals surface area (Å²) in [5, 5.41) is 5.68. The molecule has 1 saturated heterocycles. The molecule has 1 atom stereocenters. The van der Waals surface area contributed by atoms with Crippen molar-refractivity contribution in [3.63, 3.8) is 0 Å². The SMILES string of the molecule is CC(C)(C)c1ccc(NC(=O)CN2C(=O)NC(Cc3ccccc3)(c3ccccc3)C2=O)cc1. The molecule has 34 heavy (non-hydrogen) atoms. The van der Waals surface area contributed by atoms with Gasteiger partial charge in [-0.25, -0.2) is 4.79 Å². The van der Waals surface area contributed by atoms with E-state index < -0.39 is 23.4 Å². The molecule has 1 fully saturated rings. The zero-order chi connectivity index (χ0) is 24.3. The summed E-state index contributed by atoms with van der Waals surface area (Å²) in [6, 6.07) is 25.7. The lowest BCUT2D eigenvalue weighted by atomic mass is 9.83. The number of nitrogens with zero attached hydrogens (tertiary/aromatic N) is 1.